The Balaban J connectivity index is 1.60. The maximum Gasteiger partial charge on any atom is 0.257 e. The molecule has 0 bridgehead atoms. The quantitative estimate of drug-likeness (QED) is 0.372. The fraction of sp³-hybridized carbons (Fsp3) is 0.0476. The van der Waals surface area contributed by atoms with Crippen molar-refractivity contribution in [3.05, 3.63) is 93.3 Å². The van der Waals surface area contributed by atoms with E-state index in [9.17, 15) is 9.18 Å². The molecule has 3 aromatic rings. The molecule has 0 heterocycles. The number of ether oxygens (including phenoxy) is 1. The fourth-order valence-corrected chi connectivity index (χ4v) is 3.04. The zero-order chi connectivity index (χ0) is 19.9. The van der Waals surface area contributed by atoms with Gasteiger partial charge in [0.1, 0.15) is 18.2 Å². The number of carbonyl (C=O) groups excluding carboxylic acids is 1. The highest BCUT2D eigenvalue weighted by Gasteiger charge is 2.11. The van der Waals surface area contributed by atoms with E-state index >= 15 is 0 Å². The van der Waals surface area contributed by atoms with E-state index in [-0.39, 0.29) is 10.8 Å². The molecule has 0 aliphatic rings. The SMILES string of the molecule is O=C(NC(=S)Nc1ccc(I)cc1F)c1cccc(OCc2ccccc2)c1. The molecule has 0 radical (unpaired) electrons. The first-order valence-electron chi connectivity index (χ1n) is 8.35. The van der Waals surface area contributed by atoms with Gasteiger partial charge < -0.3 is 10.1 Å². The Morgan fingerprint density at radius 3 is 2.57 bits per heavy atom. The third kappa shape index (κ3) is 5.74. The number of benzene rings is 3. The average Bonchev–Trinajstić information content (AvgIpc) is 2.69. The molecule has 0 aliphatic heterocycles. The smallest absolute Gasteiger partial charge is 0.257 e. The Kier molecular flexibility index (Phi) is 6.94. The molecule has 28 heavy (non-hydrogen) atoms. The van der Waals surface area contributed by atoms with Crippen LogP contribution < -0.4 is 15.4 Å². The van der Waals surface area contributed by atoms with E-state index in [0.29, 0.717) is 17.9 Å². The second-order valence-corrected chi connectivity index (χ2v) is 7.49. The summed E-state index contributed by atoms with van der Waals surface area (Å²) in [7, 11) is 0. The summed E-state index contributed by atoms with van der Waals surface area (Å²) in [5, 5.41) is 5.25. The van der Waals surface area contributed by atoms with Gasteiger partial charge in [-0.1, -0.05) is 36.4 Å². The second-order valence-electron chi connectivity index (χ2n) is 5.83. The van der Waals surface area contributed by atoms with Gasteiger partial charge in [0.05, 0.1) is 5.69 Å². The van der Waals surface area contributed by atoms with Gasteiger partial charge >= 0.3 is 0 Å². The van der Waals surface area contributed by atoms with Gasteiger partial charge in [-0.15, -0.1) is 0 Å². The van der Waals surface area contributed by atoms with E-state index in [1.807, 2.05) is 52.9 Å². The predicted octanol–water partition coefficient (Wildman–Crippen LogP) is 5.14. The molecule has 0 aromatic heterocycles. The number of thiocarbonyl (C=S) groups is 1. The lowest BCUT2D eigenvalue weighted by atomic mass is 10.2. The van der Waals surface area contributed by atoms with Crippen LogP contribution in [0.1, 0.15) is 15.9 Å². The molecule has 1 amide bonds. The zero-order valence-corrected chi connectivity index (χ0v) is 17.6. The third-order valence-electron chi connectivity index (χ3n) is 3.75. The topological polar surface area (TPSA) is 50.4 Å². The molecule has 142 valence electrons. The van der Waals surface area contributed by atoms with Crippen molar-refractivity contribution in [1.29, 1.82) is 0 Å². The van der Waals surface area contributed by atoms with Crippen molar-refractivity contribution in [3.63, 3.8) is 0 Å². The molecule has 3 rings (SSSR count). The Morgan fingerprint density at radius 1 is 1.04 bits per heavy atom. The molecule has 0 fully saturated rings. The van der Waals surface area contributed by atoms with Crippen LogP contribution in [0.4, 0.5) is 10.1 Å². The van der Waals surface area contributed by atoms with Gasteiger partial charge in [0.25, 0.3) is 5.91 Å². The number of anilines is 1. The maximum absolute atomic E-state index is 13.9. The molecule has 0 aliphatic carbocycles. The number of hydrogen-bond acceptors (Lipinski definition) is 3. The Bertz CT molecular complexity index is 999. The van der Waals surface area contributed by atoms with Gasteiger partial charge in [0.15, 0.2) is 5.11 Å². The molecule has 0 saturated heterocycles. The van der Waals surface area contributed by atoms with E-state index in [4.69, 9.17) is 17.0 Å². The number of halogens is 2. The first-order valence-corrected chi connectivity index (χ1v) is 9.84. The van der Waals surface area contributed by atoms with E-state index in [1.54, 1.807) is 36.4 Å². The van der Waals surface area contributed by atoms with Crippen molar-refractivity contribution in [2.24, 2.45) is 0 Å². The van der Waals surface area contributed by atoms with Gasteiger partial charge in [-0.3, -0.25) is 10.1 Å². The van der Waals surface area contributed by atoms with Crippen LogP contribution in [0.25, 0.3) is 0 Å². The van der Waals surface area contributed by atoms with Crippen LogP contribution >= 0.6 is 34.8 Å². The first kappa shape index (κ1) is 20.2. The molecular weight excluding hydrogens is 490 g/mol. The molecule has 2 N–H and O–H groups in total. The predicted molar refractivity (Wildman–Crippen MR) is 120 cm³/mol. The highest BCUT2D eigenvalue weighted by Crippen LogP contribution is 2.18. The number of nitrogens with one attached hydrogen (secondary N) is 2. The molecule has 3 aromatic carbocycles. The van der Waals surface area contributed by atoms with Gasteiger partial charge in [0.2, 0.25) is 0 Å². The van der Waals surface area contributed by atoms with E-state index in [1.165, 1.54) is 6.07 Å². The molecule has 0 saturated carbocycles. The summed E-state index contributed by atoms with van der Waals surface area (Å²) < 4.78 is 20.4. The van der Waals surface area contributed by atoms with Crippen LogP contribution in [-0.4, -0.2) is 11.0 Å². The van der Waals surface area contributed by atoms with E-state index in [0.717, 1.165) is 9.13 Å². The summed E-state index contributed by atoms with van der Waals surface area (Å²) in [4.78, 5) is 12.4. The van der Waals surface area contributed by atoms with Crippen LogP contribution in [0.15, 0.2) is 72.8 Å². The van der Waals surface area contributed by atoms with Crippen molar-refractivity contribution < 1.29 is 13.9 Å². The van der Waals surface area contributed by atoms with Crippen LogP contribution in [0.3, 0.4) is 0 Å². The summed E-state index contributed by atoms with van der Waals surface area (Å²) in [6.07, 6.45) is 0. The molecule has 4 nitrogen and oxygen atoms in total. The summed E-state index contributed by atoms with van der Waals surface area (Å²) in [6, 6.07) is 21.2. The van der Waals surface area contributed by atoms with Crippen molar-refractivity contribution in [1.82, 2.24) is 5.32 Å². The number of hydrogen-bond donors (Lipinski definition) is 2. The minimum absolute atomic E-state index is 0.0146. The number of carbonyl (C=O) groups is 1. The minimum atomic E-state index is -0.445. The van der Waals surface area contributed by atoms with Crippen molar-refractivity contribution in [2.45, 2.75) is 6.61 Å². The monoisotopic (exact) mass is 506 g/mol. The Hall–Kier alpha value is -2.52. The number of amides is 1. The van der Waals surface area contributed by atoms with Crippen LogP contribution in [0, 0.1) is 9.39 Å². The minimum Gasteiger partial charge on any atom is -0.489 e. The Labute approximate surface area is 181 Å². The second kappa shape index (κ2) is 9.61. The highest BCUT2D eigenvalue weighted by atomic mass is 127. The molecule has 0 atom stereocenters. The lowest BCUT2D eigenvalue weighted by Crippen LogP contribution is -2.34. The van der Waals surface area contributed by atoms with Crippen LogP contribution in [0.2, 0.25) is 0 Å². The standard InChI is InChI=1S/C21H16FIN2O2S/c22-18-12-16(23)9-10-19(18)24-21(28)25-20(26)15-7-4-8-17(11-15)27-13-14-5-2-1-3-6-14/h1-12H,13H2,(H2,24,25,26,28). The largest absolute Gasteiger partial charge is 0.489 e. The summed E-state index contributed by atoms with van der Waals surface area (Å²) >= 11 is 7.12. The molecule has 0 unspecified atom stereocenters. The molecule has 0 spiro atoms. The van der Waals surface area contributed by atoms with Crippen molar-refractivity contribution in [2.75, 3.05) is 5.32 Å². The van der Waals surface area contributed by atoms with Gasteiger partial charge in [-0.25, -0.2) is 4.39 Å². The summed E-state index contributed by atoms with van der Waals surface area (Å²) in [5.41, 5.74) is 1.62. The lowest BCUT2D eigenvalue weighted by Gasteiger charge is -2.11. The maximum atomic E-state index is 13.9. The Morgan fingerprint density at radius 2 is 1.82 bits per heavy atom. The summed E-state index contributed by atoms with van der Waals surface area (Å²) in [5.74, 6) is -0.285. The van der Waals surface area contributed by atoms with E-state index in [2.05, 4.69) is 10.6 Å². The normalized spacial score (nSPS) is 10.2. The van der Waals surface area contributed by atoms with Gasteiger partial charge in [-0.2, -0.15) is 0 Å². The fourth-order valence-electron chi connectivity index (χ4n) is 2.39. The lowest BCUT2D eigenvalue weighted by molar-refractivity contribution is 0.0977. The van der Waals surface area contributed by atoms with Gasteiger partial charge in [0, 0.05) is 9.13 Å². The van der Waals surface area contributed by atoms with E-state index < -0.39 is 11.7 Å². The van der Waals surface area contributed by atoms with Crippen molar-refractivity contribution >= 4 is 51.5 Å². The van der Waals surface area contributed by atoms with Crippen molar-refractivity contribution in [3.8, 4) is 5.75 Å². The highest BCUT2D eigenvalue weighted by molar-refractivity contribution is 14.1. The van der Waals surface area contributed by atoms with Gasteiger partial charge in [-0.05, 0) is 76.8 Å². The first-order chi connectivity index (χ1) is 13.5. The molecular formula is C21H16FIN2O2S. The van der Waals surface area contributed by atoms with Crippen LogP contribution in [0.5, 0.6) is 5.75 Å². The summed E-state index contributed by atoms with van der Waals surface area (Å²) in [6.45, 7) is 0.401. The third-order valence-corrected chi connectivity index (χ3v) is 4.63. The molecule has 7 heteroatoms. The average molecular weight is 506 g/mol. The van der Waals surface area contributed by atoms with Crippen LogP contribution in [-0.2, 0) is 6.61 Å². The zero-order valence-electron chi connectivity index (χ0n) is 14.6. The number of rotatable bonds is 5.